The molecule has 0 radical (unpaired) electrons. The summed E-state index contributed by atoms with van der Waals surface area (Å²) in [5.41, 5.74) is 1.09. The first-order valence-corrected chi connectivity index (χ1v) is 2.54. The van der Waals surface area contributed by atoms with Gasteiger partial charge in [-0.05, 0) is 13.3 Å². The lowest BCUT2D eigenvalue weighted by Crippen LogP contribution is -1.66. The largest absolute Gasteiger partial charge is 0.239 e. The van der Waals surface area contributed by atoms with Crippen LogP contribution in [0.2, 0.25) is 0 Å². The van der Waals surface area contributed by atoms with Gasteiger partial charge in [0.05, 0.1) is 0 Å². The quantitative estimate of drug-likeness (QED) is 0.393. The van der Waals surface area contributed by atoms with Crippen molar-refractivity contribution < 1.29 is 4.79 Å². The van der Waals surface area contributed by atoms with E-state index in [0.29, 0.717) is 0 Å². The molecule has 0 aromatic heterocycles. The number of isocyanates is 1. The number of rotatable bonds is 2. The van der Waals surface area contributed by atoms with Gasteiger partial charge in [0, 0.05) is 6.20 Å². The molecule has 0 N–H and O–H groups in total. The molecule has 0 saturated carbocycles. The van der Waals surface area contributed by atoms with E-state index in [-0.39, 0.29) is 0 Å². The molecule has 0 aliphatic carbocycles. The Morgan fingerprint density at radius 3 is 2.88 bits per heavy atom. The Labute approximate surface area is 48.9 Å². The number of carbonyl (C=O) groups excluding carboxylic acids is 1. The van der Waals surface area contributed by atoms with Crippen LogP contribution in [0.4, 0.5) is 0 Å². The van der Waals surface area contributed by atoms with Gasteiger partial charge in [-0.15, -0.1) is 0 Å². The molecule has 44 valence electrons. The zero-order valence-electron chi connectivity index (χ0n) is 5.14. The number of nitrogens with zero attached hydrogens (tertiary/aromatic N) is 1. The van der Waals surface area contributed by atoms with E-state index < -0.39 is 0 Å². The lowest BCUT2D eigenvalue weighted by atomic mass is 10.3. The third-order valence-electron chi connectivity index (χ3n) is 0.895. The van der Waals surface area contributed by atoms with Crippen LogP contribution < -0.4 is 0 Å². The number of aliphatic imine (C=N–C) groups is 1. The highest BCUT2D eigenvalue weighted by molar-refractivity contribution is 5.34. The van der Waals surface area contributed by atoms with Crippen molar-refractivity contribution in [1.82, 2.24) is 0 Å². The second-order valence-electron chi connectivity index (χ2n) is 1.55. The average molecular weight is 111 g/mol. The standard InChI is InChI=1S/C6H9NO/c1-3-6(2)4-7-5-8/h4H,3H2,1-2H3/b6-4-. The molecule has 0 fully saturated rings. The van der Waals surface area contributed by atoms with E-state index in [0.717, 1.165) is 12.0 Å². The first kappa shape index (κ1) is 7.12. The van der Waals surface area contributed by atoms with Crippen LogP contribution >= 0.6 is 0 Å². The van der Waals surface area contributed by atoms with Gasteiger partial charge in [0.1, 0.15) is 0 Å². The van der Waals surface area contributed by atoms with Gasteiger partial charge in [0.15, 0.2) is 0 Å². The number of allylic oxidation sites excluding steroid dienone is 1. The smallest absolute Gasteiger partial charge is 0.211 e. The van der Waals surface area contributed by atoms with E-state index in [2.05, 4.69) is 4.99 Å². The second-order valence-corrected chi connectivity index (χ2v) is 1.55. The summed E-state index contributed by atoms with van der Waals surface area (Å²) < 4.78 is 0. The molecular weight excluding hydrogens is 102 g/mol. The summed E-state index contributed by atoms with van der Waals surface area (Å²) in [6.45, 7) is 3.92. The van der Waals surface area contributed by atoms with E-state index >= 15 is 0 Å². The highest BCUT2D eigenvalue weighted by Gasteiger charge is 1.77. The summed E-state index contributed by atoms with van der Waals surface area (Å²) in [4.78, 5) is 12.8. The topological polar surface area (TPSA) is 29.4 Å². The van der Waals surface area contributed by atoms with Crippen molar-refractivity contribution >= 4 is 6.08 Å². The van der Waals surface area contributed by atoms with Crippen LogP contribution in [0.25, 0.3) is 0 Å². The number of hydrogen-bond acceptors (Lipinski definition) is 2. The molecule has 2 heteroatoms. The van der Waals surface area contributed by atoms with E-state index in [1.165, 1.54) is 12.3 Å². The van der Waals surface area contributed by atoms with Gasteiger partial charge in [-0.1, -0.05) is 12.5 Å². The average Bonchev–Trinajstić information content (AvgIpc) is 1.83. The first-order chi connectivity index (χ1) is 3.81. The Balaban J connectivity index is 3.74. The minimum atomic E-state index is 0.936. The molecule has 8 heavy (non-hydrogen) atoms. The maximum atomic E-state index is 9.49. The number of hydrogen-bond donors (Lipinski definition) is 0. The SMILES string of the molecule is CC/C(C)=C\N=C=O. The Bertz CT molecular complexity index is 131. The van der Waals surface area contributed by atoms with Crippen molar-refractivity contribution in [1.29, 1.82) is 0 Å². The van der Waals surface area contributed by atoms with Gasteiger partial charge in [-0.2, -0.15) is 4.99 Å². The van der Waals surface area contributed by atoms with Crippen molar-refractivity contribution in [3.05, 3.63) is 11.8 Å². The van der Waals surface area contributed by atoms with Gasteiger partial charge in [0.2, 0.25) is 6.08 Å². The van der Waals surface area contributed by atoms with Crippen LogP contribution in [-0.4, -0.2) is 6.08 Å². The van der Waals surface area contributed by atoms with Crippen molar-refractivity contribution in [3.63, 3.8) is 0 Å². The fourth-order valence-corrected chi connectivity index (χ4v) is 0.228. The minimum Gasteiger partial charge on any atom is -0.211 e. The molecular formula is C6H9NO. The third-order valence-corrected chi connectivity index (χ3v) is 0.895. The van der Waals surface area contributed by atoms with Crippen LogP contribution in [0.15, 0.2) is 16.8 Å². The summed E-state index contributed by atoms with van der Waals surface area (Å²) in [5.74, 6) is 0. The van der Waals surface area contributed by atoms with E-state index in [4.69, 9.17) is 0 Å². The summed E-state index contributed by atoms with van der Waals surface area (Å²) >= 11 is 0. The molecule has 0 aromatic rings. The molecule has 0 rings (SSSR count). The summed E-state index contributed by atoms with van der Waals surface area (Å²) in [6.07, 6.45) is 3.89. The van der Waals surface area contributed by atoms with Crippen LogP contribution in [0.1, 0.15) is 20.3 Å². The maximum absolute atomic E-state index is 9.49. The normalized spacial score (nSPS) is 10.5. The lowest BCUT2D eigenvalue weighted by Gasteiger charge is -1.84. The van der Waals surface area contributed by atoms with Crippen LogP contribution in [-0.2, 0) is 4.79 Å². The molecule has 2 nitrogen and oxygen atoms in total. The summed E-state index contributed by atoms with van der Waals surface area (Å²) in [5, 5.41) is 0. The van der Waals surface area contributed by atoms with E-state index in [1.54, 1.807) is 0 Å². The highest BCUT2D eigenvalue weighted by atomic mass is 16.1. The predicted molar refractivity (Wildman–Crippen MR) is 32.2 cm³/mol. The van der Waals surface area contributed by atoms with Gasteiger partial charge in [0.25, 0.3) is 0 Å². The van der Waals surface area contributed by atoms with Crippen LogP contribution in [0.5, 0.6) is 0 Å². The molecule has 0 spiro atoms. The van der Waals surface area contributed by atoms with E-state index in [9.17, 15) is 4.79 Å². The molecule has 0 saturated heterocycles. The van der Waals surface area contributed by atoms with Gasteiger partial charge in [-0.25, -0.2) is 4.79 Å². The zero-order chi connectivity index (χ0) is 6.41. The highest BCUT2D eigenvalue weighted by Crippen LogP contribution is 1.95. The lowest BCUT2D eigenvalue weighted by molar-refractivity contribution is 0.565. The van der Waals surface area contributed by atoms with Gasteiger partial charge < -0.3 is 0 Å². The van der Waals surface area contributed by atoms with Crippen molar-refractivity contribution in [2.45, 2.75) is 20.3 Å². The first-order valence-electron chi connectivity index (χ1n) is 2.54. The fourth-order valence-electron chi connectivity index (χ4n) is 0.228. The Morgan fingerprint density at radius 2 is 2.50 bits per heavy atom. The Kier molecular flexibility index (Phi) is 3.81. The fraction of sp³-hybridized carbons (Fsp3) is 0.500. The predicted octanol–water partition coefficient (Wildman–Crippen LogP) is 1.64. The van der Waals surface area contributed by atoms with E-state index in [1.807, 2.05) is 13.8 Å². The third kappa shape index (κ3) is 3.32. The molecule has 0 aromatic carbocycles. The zero-order valence-corrected chi connectivity index (χ0v) is 5.14. The minimum absolute atomic E-state index is 0.936. The molecule has 0 amide bonds. The Hall–Kier alpha value is -0.880. The van der Waals surface area contributed by atoms with Crippen molar-refractivity contribution in [2.75, 3.05) is 0 Å². The molecule has 0 aliphatic rings. The monoisotopic (exact) mass is 111 g/mol. The molecule has 0 unspecified atom stereocenters. The molecule has 0 atom stereocenters. The summed E-state index contributed by atoms with van der Waals surface area (Å²) in [7, 11) is 0. The molecule has 0 bridgehead atoms. The second kappa shape index (κ2) is 4.28. The molecule has 0 aliphatic heterocycles. The van der Waals surface area contributed by atoms with Crippen molar-refractivity contribution in [2.24, 2.45) is 4.99 Å². The molecule has 0 heterocycles. The van der Waals surface area contributed by atoms with Gasteiger partial charge >= 0.3 is 0 Å². The van der Waals surface area contributed by atoms with Crippen LogP contribution in [0.3, 0.4) is 0 Å². The van der Waals surface area contributed by atoms with Gasteiger partial charge in [-0.3, -0.25) is 0 Å². The summed E-state index contributed by atoms with van der Waals surface area (Å²) in [6, 6.07) is 0. The van der Waals surface area contributed by atoms with Crippen molar-refractivity contribution in [3.8, 4) is 0 Å². The Morgan fingerprint density at radius 1 is 1.88 bits per heavy atom. The van der Waals surface area contributed by atoms with Crippen LogP contribution in [0, 0.1) is 0 Å². The maximum Gasteiger partial charge on any atom is 0.239 e.